The molecule has 0 aliphatic carbocycles. The van der Waals surface area contributed by atoms with Gasteiger partial charge in [-0.1, -0.05) is 34.1 Å². The van der Waals surface area contributed by atoms with Crippen LogP contribution in [-0.4, -0.2) is 9.78 Å². The van der Waals surface area contributed by atoms with Gasteiger partial charge < -0.3 is 5.73 Å². The molecule has 1 aromatic heterocycles. The Morgan fingerprint density at radius 3 is 2.67 bits per heavy atom. The molecule has 0 aliphatic heterocycles. The second-order valence-corrected chi connectivity index (χ2v) is 5.45. The van der Waals surface area contributed by atoms with Crippen molar-refractivity contribution in [2.45, 2.75) is 0 Å². The van der Waals surface area contributed by atoms with E-state index in [4.69, 9.17) is 11.0 Å². The van der Waals surface area contributed by atoms with Gasteiger partial charge in [-0.3, -0.25) is 0 Å². The number of halogens is 1. The Bertz CT molecular complexity index is 845. The molecule has 0 atom stereocenters. The van der Waals surface area contributed by atoms with Gasteiger partial charge in [0, 0.05) is 16.1 Å². The van der Waals surface area contributed by atoms with E-state index in [0.29, 0.717) is 11.4 Å². The van der Waals surface area contributed by atoms with Crippen LogP contribution in [0.1, 0.15) is 5.56 Å². The van der Waals surface area contributed by atoms with Crippen LogP contribution in [-0.2, 0) is 0 Å². The van der Waals surface area contributed by atoms with Gasteiger partial charge in [-0.15, -0.1) is 0 Å². The quantitative estimate of drug-likeness (QED) is 0.773. The van der Waals surface area contributed by atoms with E-state index in [1.54, 1.807) is 16.8 Å². The Kier molecular flexibility index (Phi) is 3.46. The van der Waals surface area contributed by atoms with Gasteiger partial charge in [0.1, 0.15) is 5.82 Å². The molecule has 3 aromatic rings. The zero-order chi connectivity index (χ0) is 14.8. The molecule has 21 heavy (non-hydrogen) atoms. The van der Waals surface area contributed by atoms with Crippen molar-refractivity contribution in [3.8, 4) is 23.0 Å². The Labute approximate surface area is 130 Å². The van der Waals surface area contributed by atoms with E-state index in [1.807, 2.05) is 42.5 Å². The Hall–Kier alpha value is -2.58. The minimum atomic E-state index is 0.528. The number of nitrogens with zero attached hydrogens (tertiary/aromatic N) is 3. The Morgan fingerprint density at radius 2 is 1.90 bits per heavy atom. The fraction of sp³-hybridized carbons (Fsp3) is 0. The first-order valence-electron chi connectivity index (χ1n) is 6.29. The molecule has 102 valence electrons. The molecule has 0 spiro atoms. The maximum atomic E-state index is 8.98. The van der Waals surface area contributed by atoms with Crippen LogP contribution < -0.4 is 5.73 Å². The third-order valence-corrected chi connectivity index (χ3v) is 3.57. The smallest absolute Gasteiger partial charge is 0.127 e. The molecule has 0 bridgehead atoms. The minimum absolute atomic E-state index is 0.528. The summed E-state index contributed by atoms with van der Waals surface area (Å²) < 4.78 is 2.62. The fourth-order valence-electron chi connectivity index (χ4n) is 2.10. The molecular formula is C16H11BrN4. The average Bonchev–Trinajstić information content (AvgIpc) is 2.89. The van der Waals surface area contributed by atoms with Gasteiger partial charge in [0.15, 0.2) is 0 Å². The molecule has 0 unspecified atom stereocenters. The van der Waals surface area contributed by atoms with Crippen LogP contribution in [0.3, 0.4) is 0 Å². The number of aromatic nitrogens is 2. The Morgan fingerprint density at radius 1 is 1.10 bits per heavy atom. The van der Waals surface area contributed by atoms with E-state index >= 15 is 0 Å². The van der Waals surface area contributed by atoms with Gasteiger partial charge >= 0.3 is 0 Å². The summed E-state index contributed by atoms with van der Waals surface area (Å²) >= 11 is 3.45. The van der Waals surface area contributed by atoms with E-state index < -0.39 is 0 Å². The van der Waals surface area contributed by atoms with Crippen LogP contribution in [0.25, 0.3) is 16.9 Å². The van der Waals surface area contributed by atoms with E-state index in [2.05, 4.69) is 27.1 Å². The molecular weight excluding hydrogens is 328 g/mol. The molecule has 4 nitrogen and oxygen atoms in total. The topological polar surface area (TPSA) is 67.6 Å². The maximum Gasteiger partial charge on any atom is 0.127 e. The number of anilines is 1. The van der Waals surface area contributed by atoms with Crippen molar-refractivity contribution in [3.63, 3.8) is 0 Å². The van der Waals surface area contributed by atoms with Crippen LogP contribution in [0.5, 0.6) is 0 Å². The molecule has 0 amide bonds. The van der Waals surface area contributed by atoms with Crippen molar-refractivity contribution in [1.82, 2.24) is 9.78 Å². The summed E-state index contributed by atoms with van der Waals surface area (Å²) in [6.45, 7) is 0. The lowest BCUT2D eigenvalue weighted by molar-refractivity contribution is 0.894. The highest BCUT2D eigenvalue weighted by molar-refractivity contribution is 9.10. The third kappa shape index (κ3) is 2.67. The molecule has 0 aliphatic rings. The summed E-state index contributed by atoms with van der Waals surface area (Å²) in [7, 11) is 0. The standard InChI is InChI=1S/C16H11BrN4/c17-13-5-2-4-12(8-13)15-9-16(19)21(20-15)14-6-1-3-11(7-14)10-18/h1-9H,19H2. The molecule has 2 aromatic carbocycles. The number of nitrogen functional groups attached to an aromatic ring is 1. The zero-order valence-corrected chi connectivity index (χ0v) is 12.6. The van der Waals surface area contributed by atoms with Crippen LogP contribution >= 0.6 is 15.9 Å². The van der Waals surface area contributed by atoms with Gasteiger partial charge in [0.2, 0.25) is 0 Å². The zero-order valence-electron chi connectivity index (χ0n) is 11.0. The van der Waals surface area contributed by atoms with E-state index in [1.165, 1.54) is 0 Å². The molecule has 5 heteroatoms. The van der Waals surface area contributed by atoms with Crippen LogP contribution in [0, 0.1) is 11.3 Å². The minimum Gasteiger partial charge on any atom is -0.384 e. The average molecular weight is 339 g/mol. The van der Waals surface area contributed by atoms with E-state index in [9.17, 15) is 0 Å². The van der Waals surface area contributed by atoms with Gasteiger partial charge in [-0.05, 0) is 30.3 Å². The lowest BCUT2D eigenvalue weighted by Crippen LogP contribution is -2.01. The lowest BCUT2D eigenvalue weighted by Gasteiger charge is -2.03. The summed E-state index contributed by atoms with van der Waals surface area (Å²) in [5, 5.41) is 13.5. The van der Waals surface area contributed by atoms with Crippen molar-refractivity contribution in [1.29, 1.82) is 5.26 Å². The molecule has 3 rings (SSSR count). The van der Waals surface area contributed by atoms with Crippen LogP contribution in [0.15, 0.2) is 59.1 Å². The summed E-state index contributed by atoms with van der Waals surface area (Å²) in [5.74, 6) is 0.528. The molecule has 2 N–H and O–H groups in total. The number of nitriles is 1. The molecule has 0 saturated heterocycles. The summed E-state index contributed by atoms with van der Waals surface area (Å²) in [5.41, 5.74) is 9.16. The number of benzene rings is 2. The SMILES string of the molecule is N#Cc1cccc(-n2nc(-c3cccc(Br)c3)cc2N)c1. The first-order chi connectivity index (χ1) is 10.2. The maximum absolute atomic E-state index is 8.98. The molecule has 0 saturated carbocycles. The number of hydrogen-bond acceptors (Lipinski definition) is 3. The highest BCUT2D eigenvalue weighted by atomic mass is 79.9. The van der Waals surface area contributed by atoms with Crippen molar-refractivity contribution in [3.05, 3.63) is 64.6 Å². The second-order valence-electron chi connectivity index (χ2n) is 4.54. The van der Waals surface area contributed by atoms with Crippen molar-refractivity contribution < 1.29 is 0 Å². The predicted molar refractivity (Wildman–Crippen MR) is 85.8 cm³/mol. The van der Waals surface area contributed by atoms with Crippen molar-refractivity contribution in [2.24, 2.45) is 0 Å². The highest BCUT2D eigenvalue weighted by Gasteiger charge is 2.09. The normalized spacial score (nSPS) is 10.3. The van der Waals surface area contributed by atoms with Crippen LogP contribution in [0.4, 0.5) is 5.82 Å². The summed E-state index contributed by atoms with van der Waals surface area (Å²) in [4.78, 5) is 0. The highest BCUT2D eigenvalue weighted by Crippen LogP contribution is 2.25. The number of rotatable bonds is 2. The lowest BCUT2D eigenvalue weighted by atomic mass is 10.2. The van der Waals surface area contributed by atoms with Gasteiger partial charge in [-0.2, -0.15) is 10.4 Å². The summed E-state index contributed by atoms with van der Waals surface area (Å²) in [6, 6.07) is 19.0. The van der Waals surface area contributed by atoms with Crippen molar-refractivity contribution in [2.75, 3.05) is 5.73 Å². The van der Waals surface area contributed by atoms with Crippen molar-refractivity contribution >= 4 is 21.7 Å². The Balaban J connectivity index is 2.08. The van der Waals surface area contributed by atoms with Gasteiger partial charge in [-0.25, -0.2) is 4.68 Å². The first-order valence-corrected chi connectivity index (χ1v) is 7.09. The first kappa shape index (κ1) is 13.4. The molecule has 0 fully saturated rings. The number of nitrogens with two attached hydrogens (primary N) is 1. The van der Waals surface area contributed by atoms with E-state index in [-0.39, 0.29) is 0 Å². The van der Waals surface area contributed by atoms with Gasteiger partial charge in [0.05, 0.1) is 23.0 Å². The summed E-state index contributed by atoms with van der Waals surface area (Å²) in [6.07, 6.45) is 0. The molecule has 0 radical (unpaired) electrons. The second kappa shape index (κ2) is 5.43. The number of hydrogen-bond donors (Lipinski definition) is 1. The van der Waals surface area contributed by atoms with Gasteiger partial charge in [0.25, 0.3) is 0 Å². The third-order valence-electron chi connectivity index (χ3n) is 3.08. The molecule has 1 heterocycles. The largest absolute Gasteiger partial charge is 0.384 e. The monoisotopic (exact) mass is 338 g/mol. The fourth-order valence-corrected chi connectivity index (χ4v) is 2.50. The van der Waals surface area contributed by atoms with Crippen LogP contribution in [0.2, 0.25) is 0 Å². The predicted octanol–water partition coefficient (Wildman–Crippen LogP) is 3.76. The van der Waals surface area contributed by atoms with E-state index in [0.717, 1.165) is 21.4 Å².